The van der Waals surface area contributed by atoms with Crippen LogP contribution >= 0.6 is 0 Å². The van der Waals surface area contributed by atoms with Crippen molar-refractivity contribution in [1.82, 2.24) is 0 Å². The minimum atomic E-state index is -0.379. The quantitative estimate of drug-likeness (QED) is 0.275. The van der Waals surface area contributed by atoms with Crippen LogP contribution in [-0.2, 0) is 4.79 Å². The van der Waals surface area contributed by atoms with Gasteiger partial charge in [0.05, 0.1) is 5.69 Å². The van der Waals surface area contributed by atoms with Gasteiger partial charge in [-0.2, -0.15) is 0 Å². The Hall–Kier alpha value is -3.20. The summed E-state index contributed by atoms with van der Waals surface area (Å²) in [7, 11) is 0. The summed E-state index contributed by atoms with van der Waals surface area (Å²) >= 11 is 0. The molecule has 0 spiro atoms. The Morgan fingerprint density at radius 2 is 1.75 bits per heavy atom. The maximum atomic E-state index is 12.1. The van der Waals surface area contributed by atoms with E-state index < -0.39 is 0 Å². The lowest BCUT2D eigenvalue weighted by atomic mass is 9.89. The molecule has 0 saturated heterocycles. The molecule has 2 aromatic rings. The van der Waals surface area contributed by atoms with E-state index in [0.29, 0.717) is 11.7 Å². The third kappa shape index (κ3) is 5.65. The summed E-state index contributed by atoms with van der Waals surface area (Å²) in [5.74, 6) is 0.542. The normalized spacial score (nSPS) is 16.9. The first kappa shape index (κ1) is 19.6. The van der Waals surface area contributed by atoms with E-state index in [1.165, 1.54) is 17.2 Å². The van der Waals surface area contributed by atoms with Crippen molar-refractivity contribution in [3.8, 4) is 5.75 Å². The van der Waals surface area contributed by atoms with Gasteiger partial charge in [-0.1, -0.05) is 60.6 Å². The van der Waals surface area contributed by atoms with Gasteiger partial charge in [-0.05, 0) is 61.6 Å². The highest BCUT2D eigenvalue weighted by molar-refractivity contribution is 5.85. The molecule has 0 aromatic heterocycles. The number of hydrogen-bond acceptors (Lipinski definition) is 3. The molecule has 142 valence electrons. The molecule has 28 heavy (non-hydrogen) atoms. The van der Waals surface area contributed by atoms with Crippen LogP contribution in [-0.4, -0.2) is 12.2 Å². The number of benzene rings is 2. The fourth-order valence-corrected chi connectivity index (χ4v) is 3.01. The van der Waals surface area contributed by atoms with Gasteiger partial charge in [0, 0.05) is 12.3 Å². The molecule has 0 amide bonds. The smallest absolute Gasteiger partial charge is 0.336 e. The molecule has 0 aliphatic heterocycles. The first-order valence-electron chi connectivity index (χ1n) is 9.47. The molecule has 0 N–H and O–H groups in total. The van der Waals surface area contributed by atoms with Crippen LogP contribution in [0.2, 0.25) is 0 Å². The lowest BCUT2D eigenvalue weighted by Gasteiger charge is -2.17. The van der Waals surface area contributed by atoms with Crippen LogP contribution in [0.25, 0.3) is 0 Å². The van der Waals surface area contributed by atoms with E-state index in [-0.39, 0.29) is 5.97 Å². The molecule has 3 nitrogen and oxygen atoms in total. The van der Waals surface area contributed by atoms with Gasteiger partial charge in [-0.15, -0.1) is 0 Å². The molecule has 1 aliphatic carbocycles. The van der Waals surface area contributed by atoms with Gasteiger partial charge in [-0.3, -0.25) is 4.99 Å². The number of nitrogens with zero attached hydrogens (tertiary/aromatic N) is 1. The van der Waals surface area contributed by atoms with Crippen molar-refractivity contribution in [3.63, 3.8) is 0 Å². The van der Waals surface area contributed by atoms with E-state index in [0.717, 1.165) is 23.2 Å². The van der Waals surface area contributed by atoms with E-state index in [2.05, 4.69) is 50.0 Å². The van der Waals surface area contributed by atoms with E-state index in [1.807, 2.05) is 36.6 Å². The zero-order chi connectivity index (χ0) is 19.9. The maximum Gasteiger partial charge on any atom is 0.336 e. The minimum absolute atomic E-state index is 0.379. The number of carbonyl (C=O) groups is 1. The van der Waals surface area contributed by atoms with Crippen LogP contribution in [0.15, 0.2) is 89.0 Å². The summed E-state index contributed by atoms with van der Waals surface area (Å²) in [4.78, 5) is 16.5. The summed E-state index contributed by atoms with van der Waals surface area (Å²) in [6, 6.07) is 15.3. The van der Waals surface area contributed by atoms with E-state index in [1.54, 1.807) is 12.1 Å². The molecular formula is C25H25NO2. The molecule has 3 rings (SSSR count). The molecule has 1 unspecified atom stereocenters. The predicted octanol–water partition coefficient (Wildman–Crippen LogP) is 6.12. The molecule has 3 heteroatoms. The van der Waals surface area contributed by atoms with Crippen LogP contribution in [0.3, 0.4) is 0 Å². The Balaban J connectivity index is 1.57. The van der Waals surface area contributed by atoms with Crippen LogP contribution in [0.4, 0.5) is 5.69 Å². The average Bonchev–Trinajstić information content (AvgIpc) is 2.68. The molecule has 0 saturated carbocycles. The first-order valence-corrected chi connectivity index (χ1v) is 9.47. The zero-order valence-corrected chi connectivity index (χ0v) is 16.6. The van der Waals surface area contributed by atoms with Gasteiger partial charge in [0.1, 0.15) is 5.75 Å². The zero-order valence-electron chi connectivity index (χ0n) is 16.6. The highest BCUT2D eigenvalue weighted by Crippen LogP contribution is 2.25. The second-order valence-electron chi connectivity index (χ2n) is 7.20. The molecule has 1 atom stereocenters. The molecule has 0 heterocycles. The predicted molar refractivity (Wildman–Crippen MR) is 115 cm³/mol. The Bertz CT molecular complexity index is 945. The summed E-state index contributed by atoms with van der Waals surface area (Å²) in [5.41, 5.74) is 5.57. The summed E-state index contributed by atoms with van der Waals surface area (Å²) in [6.07, 6.45) is 10.3. The number of aryl methyl sites for hydroxylation is 1. The van der Waals surface area contributed by atoms with Crippen molar-refractivity contribution in [1.29, 1.82) is 0 Å². The minimum Gasteiger partial charge on any atom is -0.423 e. The van der Waals surface area contributed by atoms with Crippen LogP contribution in [0.1, 0.15) is 31.4 Å². The Labute approximate surface area is 166 Å². The molecule has 2 aromatic carbocycles. The number of rotatable bonds is 5. The second kappa shape index (κ2) is 9.14. The van der Waals surface area contributed by atoms with Crippen molar-refractivity contribution in [2.24, 2.45) is 10.9 Å². The third-order valence-electron chi connectivity index (χ3n) is 4.66. The summed E-state index contributed by atoms with van der Waals surface area (Å²) in [5, 5.41) is 0. The number of ether oxygens (including phenoxy) is 1. The van der Waals surface area contributed by atoms with Gasteiger partial charge < -0.3 is 4.74 Å². The number of esters is 1. The van der Waals surface area contributed by atoms with Gasteiger partial charge in [0.15, 0.2) is 0 Å². The monoisotopic (exact) mass is 371 g/mol. The van der Waals surface area contributed by atoms with Crippen LogP contribution < -0.4 is 4.74 Å². The number of carbonyl (C=O) groups excluding carboxylic acids is 1. The lowest BCUT2D eigenvalue weighted by Crippen LogP contribution is -2.06. The highest BCUT2D eigenvalue weighted by Gasteiger charge is 2.11. The average molecular weight is 371 g/mol. The van der Waals surface area contributed by atoms with E-state index in [4.69, 9.17) is 4.74 Å². The first-order chi connectivity index (χ1) is 13.5. The van der Waals surface area contributed by atoms with Crippen molar-refractivity contribution >= 4 is 17.9 Å². The Kier molecular flexibility index (Phi) is 6.38. The fourth-order valence-electron chi connectivity index (χ4n) is 3.01. The fraction of sp³-hybridized carbons (Fsp3) is 0.200. The standard InChI is InChI=1S/C25H25NO2/c1-18-4-7-21(8-5-18)17-26-23-11-13-24(14-12-23)28-25(27)15-10-22-9-6-19(2)16-20(22)3/h4-15,17,20H,16H2,1-3H3/b15-10+,26-17?. The summed E-state index contributed by atoms with van der Waals surface area (Å²) in [6.45, 7) is 6.34. The van der Waals surface area contributed by atoms with Crippen molar-refractivity contribution < 1.29 is 9.53 Å². The molecule has 0 radical (unpaired) electrons. The second-order valence-corrected chi connectivity index (χ2v) is 7.20. The SMILES string of the molecule is CC1=CC=C(/C=C/C(=O)Oc2ccc(N=Cc3ccc(C)cc3)cc2)C(C)C1. The lowest BCUT2D eigenvalue weighted by molar-refractivity contribution is -0.129. The van der Waals surface area contributed by atoms with Crippen LogP contribution in [0.5, 0.6) is 5.75 Å². The van der Waals surface area contributed by atoms with Gasteiger partial charge in [0.2, 0.25) is 0 Å². The third-order valence-corrected chi connectivity index (χ3v) is 4.66. The largest absolute Gasteiger partial charge is 0.423 e. The van der Waals surface area contributed by atoms with Gasteiger partial charge >= 0.3 is 5.97 Å². The number of allylic oxidation sites excluding steroid dienone is 5. The Morgan fingerprint density at radius 1 is 1.04 bits per heavy atom. The molecule has 0 bridgehead atoms. The molecule has 1 aliphatic rings. The Morgan fingerprint density at radius 3 is 2.43 bits per heavy atom. The van der Waals surface area contributed by atoms with Gasteiger partial charge in [-0.25, -0.2) is 4.79 Å². The molecular weight excluding hydrogens is 346 g/mol. The van der Waals surface area contributed by atoms with Crippen molar-refractivity contribution in [3.05, 3.63) is 95.1 Å². The number of aliphatic imine (C=N–C) groups is 1. The van der Waals surface area contributed by atoms with Crippen molar-refractivity contribution in [2.75, 3.05) is 0 Å². The van der Waals surface area contributed by atoms with Gasteiger partial charge in [0.25, 0.3) is 0 Å². The topological polar surface area (TPSA) is 38.7 Å². The van der Waals surface area contributed by atoms with Crippen LogP contribution in [0, 0.1) is 12.8 Å². The number of hydrogen-bond donors (Lipinski definition) is 0. The van der Waals surface area contributed by atoms with E-state index in [9.17, 15) is 4.79 Å². The van der Waals surface area contributed by atoms with Crippen molar-refractivity contribution in [2.45, 2.75) is 27.2 Å². The highest BCUT2D eigenvalue weighted by atomic mass is 16.5. The maximum absolute atomic E-state index is 12.1. The summed E-state index contributed by atoms with van der Waals surface area (Å²) < 4.78 is 5.37. The molecule has 0 fully saturated rings. The van der Waals surface area contributed by atoms with E-state index >= 15 is 0 Å².